The number of methoxy groups -OCH3 is 1. The van der Waals surface area contributed by atoms with Gasteiger partial charge in [-0.2, -0.15) is 0 Å². The molecule has 2 atom stereocenters. The summed E-state index contributed by atoms with van der Waals surface area (Å²) in [5.74, 6) is -0.122. The summed E-state index contributed by atoms with van der Waals surface area (Å²) in [6, 6.07) is 0. The minimum atomic E-state index is -0.507. The molecule has 4 nitrogen and oxygen atoms in total. The van der Waals surface area contributed by atoms with E-state index in [1.54, 1.807) is 7.11 Å². The van der Waals surface area contributed by atoms with Crippen molar-refractivity contribution >= 4 is 5.97 Å². The van der Waals surface area contributed by atoms with Crippen LogP contribution in [0, 0.1) is 0 Å². The maximum Gasteiger partial charge on any atom is 0.326 e. The first-order valence-corrected chi connectivity index (χ1v) is 6.13. The second-order valence-electron chi connectivity index (χ2n) is 4.33. The molecule has 1 saturated carbocycles. The molecular formula is C12H23NO3. The predicted molar refractivity (Wildman–Crippen MR) is 62.3 cm³/mol. The first kappa shape index (κ1) is 13.5. The van der Waals surface area contributed by atoms with Gasteiger partial charge in [-0.25, -0.2) is 0 Å². The van der Waals surface area contributed by atoms with Gasteiger partial charge in [0.25, 0.3) is 0 Å². The van der Waals surface area contributed by atoms with E-state index < -0.39 is 5.54 Å². The van der Waals surface area contributed by atoms with Gasteiger partial charge in [0.1, 0.15) is 5.54 Å². The third-order valence-electron chi connectivity index (χ3n) is 3.18. The molecule has 0 aromatic heterocycles. The maximum atomic E-state index is 12.0. The lowest BCUT2D eigenvalue weighted by molar-refractivity contribution is -0.151. The van der Waals surface area contributed by atoms with Crippen molar-refractivity contribution in [2.75, 3.05) is 20.3 Å². The monoisotopic (exact) mass is 229 g/mol. The molecule has 1 aliphatic carbocycles. The van der Waals surface area contributed by atoms with Gasteiger partial charge in [-0.1, -0.05) is 6.92 Å². The summed E-state index contributed by atoms with van der Waals surface area (Å²) < 4.78 is 10.5. The summed E-state index contributed by atoms with van der Waals surface area (Å²) in [6.07, 6.45) is 3.64. The van der Waals surface area contributed by atoms with Crippen molar-refractivity contribution < 1.29 is 14.3 Å². The molecule has 16 heavy (non-hydrogen) atoms. The van der Waals surface area contributed by atoms with Crippen LogP contribution in [0.3, 0.4) is 0 Å². The molecule has 0 bridgehead atoms. The van der Waals surface area contributed by atoms with E-state index in [-0.39, 0.29) is 12.1 Å². The van der Waals surface area contributed by atoms with Gasteiger partial charge in [0.2, 0.25) is 0 Å². The lowest BCUT2D eigenvalue weighted by atomic mass is 9.97. The summed E-state index contributed by atoms with van der Waals surface area (Å²) >= 11 is 0. The van der Waals surface area contributed by atoms with Crippen molar-refractivity contribution in [3.05, 3.63) is 0 Å². The molecule has 2 unspecified atom stereocenters. The zero-order valence-electron chi connectivity index (χ0n) is 10.5. The van der Waals surface area contributed by atoms with Gasteiger partial charge in [-0.05, 0) is 32.7 Å². The normalized spacial score (nSPS) is 29.3. The Bertz CT molecular complexity index is 232. The summed E-state index contributed by atoms with van der Waals surface area (Å²) in [4.78, 5) is 12.0. The Hall–Kier alpha value is -0.610. The molecule has 0 radical (unpaired) electrons. The van der Waals surface area contributed by atoms with E-state index in [0.29, 0.717) is 6.61 Å². The SMILES string of the molecule is CCCNC1(C(=O)OCC)CCC(OC)C1. The largest absolute Gasteiger partial charge is 0.465 e. The Labute approximate surface area is 97.7 Å². The standard InChI is InChI=1S/C12H23NO3/c1-4-8-13-12(11(14)16-5-2)7-6-10(9-12)15-3/h10,13H,4-9H2,1-3H3. The van der Waals surface area contributed by atoms with E-state index in [4.69, 9.17) is 9.47 Å². The van der Waals surface area contributed by atoms with E-state index in [9.17, 15) is 4.79 Å². The van der Waals surface area contributed by atoms with Crippen molar-refractivity contribution in [2.45, 2.75) is 51.2 Å². The topological polar surface area (TPSA) is 47.6 Å². The van der Waals surface area contributed by atoms with Crippen LogP contribution in [0.5, 0.6) is 0 Å². The molecule has 4 heteroatoms. The van der Waals surface area contributed by atoms with E-state index in [1.165, 1.54) is 0 Å². The first-order valence-electron chi connectivity index (χ1n) is 6.13. The zero-order chi connectivity index (χ0) is 12.0. The number of carbonyl (C=O) groups excluding carboxylic acids is 1. The number of rotatable bonds is 6. The van der Waals surface area contributed by atoms with Crippen LogP contribution in [-0.4, -0.2) is 37.9 Å². The van der Waals surface area contributed by atoms with Crippen molar-refractivity contribution in [3.8, 4) is 0 Å². The number of nitrogens with one attached hydrogen (secondary N) is 1. The third-order valence-corrected chi connectivity index (χ3v) is 3.18. The van der Waals surface area contributed by atoms with Crippen LogP contribution in [0.15, 0.2) is 0 Å². The van der Waals surface area contributed by atoms with Gasteiger partial charge in [0.05, 0.1) is 12.7 Å². The molecule has 0 amide bonds. The minimum Gasteiger partial charge on any atom is -0.465 e. The predicted octanol–water partition coefficient (Wildman–Crippen LogP) is 1.49. The summed E-state index contributed by atoms with van der Waals surface area (Å²) in [6.45, 7) is 5.21. The van der Waals surface area contributed by atoms with Crippen molar-refractivity contribution in [3.63, 3.8) is 0 Å². The van der Waals surface area contributed by atoms with Crippen LogP contribution in [0.1, 0.15) is 39.5 Å². The second-order valence-corrected chi connectivity index (χ2v) is 4.33. The summed E-state index contributed by atoms with van der Waals surface area (Å²) in [5.41, 5.74) is -0.507. The van der Waals surface area contributed by atoms with Gasteiger partial charge >= 0.3 is 5.97 Å². The van der Waals surface area contributed by atoms with Crippen molar-refractivity contribution in [1.82, 2.24) is 5.32 Å². The lowest BCUT2D eigenvalue weighted by Crippen LogP contribution is -2.51. The average Bonchev–Trinajstić information content (AvgIpc) is 2.72. The smallest absolute Gasteiger partial charge is 0.326 e. The Morgan fingerprint density at radius 1 is 1.50 bits per heavy atom. The summed E-state index contributed by atoms with van der Waals surface area (Å²) in [5, 5.41) is 3.34. The quantitative estimate of drug-likeness (QED) is 0.701. The van der Waals surface area contributed by atoms with E-state index >= 15 is 0 Å². The Balaban J connectivity index is 2.66. The van der Waals surface area contributed by atoms with Crippen molar-refractivity contribution in [1.29, 1.82) is 0 Å². The summed E-state index contributed by atoms with van der Waals surface area (Å²) in [7, 11) is 1.70. The zero-order valence-corrected chi connectivity index (χ0v) is 10.5. The minimum absolute atomic E-state index is 0.122. The molecular weight excluding hydrogens is 206 g/mol. The average molecular weight is 229 g/mol. The fraction of sp³-hybridized carbons (Fsp3) is 0.917. The van der Waals surface area contributed by atoms with E-state index in [2.05, 4.69) is 12.2 Å². The molecule has 0 saturated heterocycles. The van der Waals surface area contributed by atoms with Crippen LogP contribution in [0.25, 0.3) is 0 Å². The lowest BCUT2D eigenvalue weighted by Gasteiger charge is -2.28. The van der Waals surface area contributed by atoms with Gasteiger partial charge in [-0.3, -0.25) is 4.79 Å². The molecule has 1 rings (SSSR count). The number of ether oxygens (including phenoxy) is 2. The fourth-order valence-electron chi connectivity index (χ4n) is 2.25. The molecule has 0 spiro atoms. The second kappa shape index (κ2) is 6.21. The highest BCUT2D eigenvalue weighted by molar-refractivity contribution is 5.81. The van der Waals surface area contributed by atoms with Crippen LogP contribution in [0.2, 0.25) is 0 Å². The van der Waals surface area contributed by atoms with Gasteiger partial charge in [0, 0.05) is 13.5 Å². The molecule has 1 fully saturated rings. The van der Waals surface area contributed by atoms with Crippen LogP contribution < -0.4 is 5.32 Å². The number of hydrogen-bond acceptors (Lipinski definition) is 4. The third kappa shape index (κ3) is 2.95. The van der Waals surface area contributed by atoms with Gasteiger partial charge in [-0.15, -0.1) is 0 Å². The molecule has 1 aliphatic rings. The van der Waals surface area contributed by atoms with Crippen LogP contribution in [-0.2, 0) is 14.3 Å². The van der Waals surface area contributed by atoms with E-state index in [0.717, 1.165) is 32.2 Å². The van der Waals surface area contributed by atoms with Crippen LogP contribution >= 0.6 is 0 Å². The highest BCUT2D eigenvalue weighted by atomic mass is 16.5. The molecule has 94 valence electrons. The first-order chi connectivity index (χ1) is 7.68. The highest BCUT2D eigenvalue weighted by Crippen LogP contribution is 2.32. The molecule has 0 aliphatic heterocycles. The Kier molecular flexibility index (Phi) is 5.22. The maximum absolute atomic E-state index is 12.0. The van der Waals surface area contributed by atoms with Crippen LogP contribution in [0.4, 0.5) is 0 Å². The number of carbonyl (C=O) groups is 1. The molecule has 1 N–H and O–H groups in total. The van der Waals surface area contributed by atoms with Crippen molar-refractivity contribution in [2.24, 2.45) is 0 Å². The van der Waals surface area contributed by atoms with Gasteiger partial charge < -0.3 is 14.8 Å². The molecule has 0 aromatic carbocycles. The Morgan fingerprint density at radius 2 is 2.25 bits per heavy atom. The number of hydrogen-bond donors (Lipinski definition) is 1. The fourth-order valence-corrected chi connectivity index (χ4v) is 2.25. The Morgan fingerprint density at radius 3 is 2.75 bits per heavy atom. The molecule has 0 aromatic rings. The number of esters is 1. The van der Waals surface area contributed by atoms with Gasteiger partial charge in [0.15, 0.2) is 0 Å². The molecule has 0 heterocycles. The highest BCUT2D eigenvalue weighted by Gasteiger charge is 2.46. The van der Waals surface area contributed by atoms with E-state index in [1.807, 2.05) is 6.92 Å².